The molecule has 110 valence electrons. The molecule has 0 aliphatic heterocycles. The first-order chi connectivity index (χ1) is 10.5. The topological polar surface area (TPSA) is 54.5 Å². The predicted molar refractivity (Wildman–Crippen MR) is 84.5 cm³/mol. The third kappa shape index (κ3) is 3.17. The molecule has 0 bridgehead atoms. The number of rotatable bonds is 4. The van der Waals surface area contributed by atoms with E-state index in [1.807, 2.05) is 0 Å². The molecule has 0 heterocycles. The summed E-state index contributed by atoms with van der Waals surface area (Å²) in [4.78, 5) is 38.0. The average molecular weight is 293 g/mol. The quantitative estimate of drug-likeness (QED) is 0.494. The van der Waals surface area contributed by atoms with Crippen LogP contribution in [0.3, 0.4) is 0 Å². The summed E-state index contributed by atoms with van der Waals surface area (Å²) in [6, 6.07) is 16.5. The molecule has 0 fully saturated rings. The lowest BCUT2D eigenvalue weighted by atomic mass is 10.1. The second-order valence-electron chi connectivity index (χ2n) is 4.76. The number of carbonyl (C=O) groups is 3. The number of amides is 2. The summed E-state index contributed by atoms with van der Waals surface area (Å²) in [5, 5.41) is 0. The van der Waals surface area contributed by atoms with Gasteiger partial charge >= 0.3 is 5.91 Å². The van der Waals surface area contributed by atoms with Gasteiger partial charge in [-0.05, 0) is 19.1 Å². The minimum absolute atomic E-state index is 0.179. The summed E-state index contributed by atoms with van der Waals surface area (Å²) in [5.41, 5.74) is 0.755. The molecular formula is C18H15NO3. The van der Waals surface area contributed by atoms with Gasteiger partial charge in [-0.3, -0.25) is 14.4 Å². The van der Waals surface area contributed by atoms with Crippen LogP contribution in [-0.2, 0) is 9.59 Å². The van der Waals surface area contributed by atoms with Crippen molar-refractivity contribution in [1.82, 2.24) is 0 Å². The summed E-state index contributed by atoms with van der Waals surface area (Å²) in [7, 11) is 0. The fraction of sp³-hybridized carbons (Fsp3) is 0.0556. The van der Waals surface area contributed by atoms with Gasteiger partial charge in [0.2, 0.25) is 0 Å². The van der Waals surface area contributed by atoms with Crippen LogP contribution in [0.1, 0.15) is 17.3 Å². The maximum Gasteiger partial charge on any atom is 0.306 e. The molecule has 0 aromatic heterocycles. The number of anilines is 1. The molecule has 0 saturated carbocycles. The Morgan fingerprint density at radius 1 is 0.818 bits per heavy atom. The predicted octanol–water partition coefficient (Wildman–Crippen LogP) is 3.01. The zero-order valence-corrected chi connectivity index (χ0v) is 12.2. The maximum absolute atomic E-state index is 12.5. The minimum Gasteiger partial charge on any atom is -0.283 e. The van der Waals surface area contributed by atoms with Gasteiger partial charge in [-0.2, -0.15) is 0 Å². The zero-order chi connectivity index (χ0) is 16.1. The first kappa shape index (κ1) is 15.4. The van der Waals surface area contributed by atoms with Gasteiger partial charge in [0, 0.05) is 11.1 Å². The standard InChI is InChI=1S/C18H15NO3/c1-13(2)17(21)19(15-11-7-4-8-12-15)18(22)16(20)14-9-5-3-6-10-14/h3-12H,1H2,2H3. The molecule has 4 heteroatoms. The molecule has 2 amide bonds. The lowest BCUT2D eigenvalue weighted by molar-refractivity contribution is -0.122. The highest BCUT2D eigenvalue weighted by Crippen LogP contribution is 2.17. The first-order valence-corrected chi connectivity index (χ1v) is 6.71. The van der Waals surface area contributed by atoms with Crippen LogP contribution < -0.4 is 4.90 Å². The molecule has 2 aromatic rings. The smallest absolute Gasteiger partial charge is 0.283 e. The van der Waals surface area contributed by atoms with Crippen molar-refractivity contribution in [1.29, 1.82) is 0 Å². The van der Waals surface area contributed by atoms with Crippen LogP contribution in [0.15, 0.2) is 72.8 Å². The molecule has 0 radical (unpaired) electrons. The average Bonchev–Trinajstić information content (AvgIpc) is 2.56. The highest BCUT2D eigenvalue weighted by molar-refractivity contribution is 6.51. The number of carbonyl (C=O) groups excluding carboxylic acids is 3. The number of benzene rings is 2. The third-order valence-corrected chi connectivity index (χ3v) is 3.02. The third-order valence-electron chi connectivity index (χ3n) is 3.02. The van der Waals surface area contributed by atoms with Gasteiger partial charge in [0.25, 0.3) is 11.7 Å². The van der Waals surface area contributed by atoms with Crippen molar-refractivity contribution in [2.45, 2.75) is 6.92 Å². The molecule has 4 nitrogen and oxygen atoms in total. The number of para-hydroxylation sites is 1. The highest BCUT2D eigenvalue weighted by atomic mass is 16.2. The van der Waals surface area contributed by atoms with Crippen molar-refractivity contribution in [3.63, 3.8) is 0 Å². The number of hydrogen-bond acceptors (Lipinski definition) is 3. The first-order valence-electron chi connectivity index (χ1n) is 6.71. The second-order valence-corrected chi connectivity index (χ2v) is 4.76. The minimum atomic E-state index is -0.898. The van der Waals surface area contributed by atoms with Crippen LogP contribution in [0, 0.1) is 0 Å². The van der Waals surface area contributed by atoms with E-state index in [9.17, 15) is 14.4 Å². The van der Waals surface area contributed by atoms with Crippen molar-refractivity contribution >= 4 is 23.3 Å². The fourth-order valence-corrected chi connectivity index (χ4v) is 1.91. The van der Waals surface area contributed by atoms with Crippen LogP contribution in [0.25, 0.3) is 0 Å². The lowest BCUT2D eigenvalue weighted by Gasteiger charge is -2.20. The Morgan fingerprint density at radius 2 is 1.32 bits per heavy atom. The molecule has 22 heavy (non-hydrogen) atoms. The van der Waals surface area contributed by atoms with Gasteiger partial charge in [0.1, 0.15) is 0 Å². The summed E-state index contributed by atoms with van der Waals surface area (Å²) >= 11 is 0. The molecule has 2 aromatic carbocycles. The van der Waals surface area contributed by atoms with Crippen molar-refractivity contribution in [3.8, 4) is 0 Å². The molecular weight excluding hydrogens is 278 g/mol. The number of hydrogen-bond donors (Lipinski definition) is 0. The van der Waals surface area contributed by atoms with E-state index in [1.54, 1.807) is 48.5 Å². The van der Waals surface area contributed by atoms with E-state index >= 15 is 0 Å². The fourth-order valence-electron chi connectivity index (χ4n) is 1.91. The molecule has 0 unspecified atom stereocenters. The van der Waals surface area contributed by atoms with Crippen LogP contribution in [-0.4, -0.2) is 17.6 Å². The van der Waals surface area contributed by atoms with Crippen LogP contribution in [0.5, 0.6) is 0 Å². The molecule has 0 saturated heterocycles. The molecule has 0 atom stereocenters. The lowest BCUT2D eigenvalue weighted by Crippen LogP contribution is -2.41. The van der Waals surface area contributed by atoms with E-state index in [2.05, 4.69) is 6.58 Å². The van der Waals surface area contributed by atoms with Crippen molar-refractivity contribution in [2.24, 2.45) is 0 Å². The van der Waals surface area contributed by atoms with E-state index < -0.39 is 17.6 Å². The monoisotopic (exact) mass is 293 g/mol. The van der Waals surface area contributed by atoms with E-state index in [-0.39, 0.29) is 11.1 Å². The Hall–Kier alpha value is -3.01. The van der Waals surface area contributed by atoms with Gasteiger partial charge in [0.05, 0.1) is 5.69 Å². The van der Waals surface area contributed by atoms with Gasteiger partial charge in [0.15, 0.2) is 0 Å². The summed E-state index contributed by atoms with van der Waals surface area (Å²) in [6.07, 6.45) is 0. The number of Topliss-reactive ketones (excluding diaryl/α,β-unsaturated/α-hetero) is 1. The number of ketones is 1. The molecule has 0 aliphatic carbocycles. The van der Waals surface area contributed by atoms with E-state index in [1.165, 1.54) is 19.1 Å². The van der Waals surface area contributed by atoms with Crippen molar-refractivity contribution in [2.75, 3.05) is 4.90 Å². The van der Waals surface area contributed by atoms with E-state index in [4.69, 9.17) is 0 Å². The van der Waals surface area contributed by atoms with Gasteiger partial charge in [-0.15, -0.1) is 0 Å². The Bertz CT molecular complexity index is 721. The van der Waals surface area contributed by atoms with E-state index in [0.29, 0.717) is 5.69 Å². The SMILES string of the molecule is C=C(C)C(=O)N(C(=O)C(=O)c1ccccc1)c1ccccc1. The zero-order valence-electron chi connectivity index (χ0n) is 12.2. The molecule has 0 N–H and O–H groups in total. The highest BCUT2D eigenvalue weighted by Gasteiger charge is 2.29. The maximum atomic E-state index is 12.5. The van der Waals surface area contributed by atoms with Gasteiger partial charge < -0.3 is 0 Å². The normalized spacial score (nSPS) is 9.86. The van der Waals surface area contributed by atoms with E-state index in [0.717, 1.165) is 4.90 Å². The number of nitrogens with zero attached hydrogens (tertiary/aromatic N) is 1. The molecule has 2 rings (SSSR count). The Labute approximate surface area is 128 Å². The Kier molecular flexibility index (Phi) is 4.63. The Morgan fingerprint density at radius 3 is 1.82 bits per heavy atom. The summed E-state index contributed by atoms with van der Waals surface area (Å²) in [5.74, 6) is -2.23. The molecule has 0 spiro atoms. The Balaban J connectivity index is 2.41. The van der Waals surface area contributed by atoms with Crippen LogP contribution >= 0.6 is 0 Å². The molecule has 0 aliphatic rings. The largest absolute Gasteiger partial charge is 0.306 e. The summed E-state index contributed by atoms with van der Waals surface area (Å²) < 4.78 is 0. The van der Waals surface area contributed by atoms with Crippen molar-refractivity contribution < 1.29 is 14.4 Å². The van der Waals surface area contributed by atoms with Crippen molar-refractivity contribution in [3.05, 3.63) is 78.4 Å². The van der Waals surface area contributed by atoms with Gasteiger partial charge in [-0.25, -0.2) is 4.90 Å². The second kappa shape index (κ2) is 6.63. The van der Waals surface area contributed by atoms with Crippen LogP contribution in [0.2, 0.25) is 0 Å². The number of imide groups is 1. The van der Waals surface area contributed by atoms with Gasteiger partial charge in [-0.1, -0.05) is 55.1 Å². The summed E-state index contributed by atoms with van der Waals surface area (Å²) in [6.45, 7) is 5.06. The van der Waals surface area contributed by atoms with Crippen LogP contribution in [0.4, 0.5) is 5.69 Å².